The fraction of sp³-hybridized carbons (Fsp3) is 0.400. The quantitative estimate of drug-likeness (QED) is 0.602. The van der Waals surface area contributed by atoms with Crippen LogP contribution in [0.15, 0.2) is 41.5 Å². The fourth-order valence-electron chi connectivity index (χ4n) is 2.24. The summed E-state index contributed by atoms with van der Waals surface area (Å²) in [5, 5.41) is 0. The SMILES string of the molecule is COC(=O)C1(c2ccccc2)CC(C)=C(C)CS1. The number of carbonyl (C=O) groups excluding carboxylic acids is 1. The van der Waals surface area contributed by atoms with E-state index < -0.39 is 4.75 Å². The van der Waals surface area contributed by atoms with Crippen LogP contribution in [0.5, 0.6) is 0 Å². The van der Waals surface area contributed by atoms with Crippen molar-refractivity contribution >= 4 is 17.7 Å². The highest BCUT2D eigenvalue weighted by Gasteiger charge is 2.44. The summed E-state index contributed by atoms with van der Waals surface area (Å²) >= 11 is 1.68. The van der Waals surface area contributed by atoms with Gasteiger partial charge in [-0.05, 0) is 25.8 Å². The number of thioether (sulfide) groups is 1. The van der Waals surface area contributed by atoms with Gasteiger partial charge in [-0.15, -0.1) is 11.8 Å². The predicted molar refractivity (Wildman–Crippen MR) is 75.6 cm³/mol. The van der Waals surface area contributed by atoms with Crippen molar-refractivity contribution in [2.75, 3.05) is 12.9 Å². The second kappa shape index (κ2) is 5.19. The van der Waals surface area contributed by atoms with Crippen LogP contribution in [-0.4, -0.2) is 18.8 Å². The minimum Gasteiger partial charge on any atom is -0.468 e. The first kappa shape index (κ1) is 13.2. The van der Waals surface area contributed by atoms with Crippen molar-refractivity contribution in [3.63, 3.8) is 0 Å². The average Bonchev–Trinajstić information content (AvgIpc) is 2.42. The second-order valence-corrected chi connectivity index (χ2v) is 5.99. The number of rotatable bonds is 2. The third kappa shape index (κ3) is 2.19. The molecule has 1 aromatic rings. The molecular formula is C15H18O2S. The molecule has 1 aliphatic heterocycles. The Morgan fingerprint density at radius 2 is 1.89 bits per heavy atom. The predicted octanol–water partition coefficient (Wildman–Crippen LogP) is 3.53. The number of hydrogen-bond acceptors (Lipinski definition) is 3. The lowest BCUT2D eigenvalue weighted by Crippen LogP contribution is -2.36. The van der Waals surface area contributed by atoms with Crippen LogP contribution in [0.2, 0.25) is 0 Å². The molecule has 1 aliphatic rings. The summed E-state index contributed by atoms with van der Waals surface area (Å²) in [6.45, 7) is 4.24. The minimum absolute atomic E-state index is 0.148. The summed E-state index contributed by atoms with van der Waals surface area (Å²) in [5.74, 6) is 0.737. The fourth-order valence-corrected chi connectivity index (χ4v) is 3.77. The van der Waals surface area contributed by atoms with Gasteiger partial charge >= 0.3 is 5.97 Å². The molecule has 1 aromatic carbocycles. The summed E-state index contributed by atoms with van der Waals surface area (Å²) < 4.78 is 4.48. The number of hydrogen-bond donors (Lipinski definition) is 0. The van der Waals surface area contributed by atoms with E-state index in [1.54, 1.807) is 11.8 Å². The number of carbonyl (C=O) groups is 1. The van der Waals surface area contributed by atoms with E-state index in [9.17, 15) is 4.79 Å². The molecule has 1 heterocycles. The summed E-state index contributed by atoms with van der Waals surface area (Å²) in [7, 11) is 1.47. The van der Waals surface area contributed by atoms with Crippen molar-refractivity contribution in [1.29, 1.82) is 0 Å². The Hall–Kier alpha value is -1.22. The number of ether oxygens (including phenoxy) is 1. The van der Waals surface area contributed by atoms with Gasteiger partial charge in [-0.2, -0.15) is 0 Å². The van der Waals surface area contributed by atoms with E-state index >= 15 is 0 Å². The van der Waals surface area contributed by atoms with Crippen LogP contribution in [0.3, 0.4) is 0 Å². The number of methoxy groups -OCH3 is 1. The van der Waals surface area contributed by atoms with E-state index in [4.69, 9.17) is 4.74 Å². The van der Waals surface area contributed by atoms with E-state index in [2.05, 4.69) is 13.8 Å². The van der Waals surface area contributed by atoms with Crippen LogP contribution in [0, 0.1) is 0 Å². The van der Waals surface area contributed by atoms with Gasteiger partial charge in [0.25, 0.3) is 0 Å². The Bertz CT molecular complexity index is 479. The molecule has 0 aromatic heterocycles. The highest BCUT2D eigenvalue weighted by molar-refractivity contribution is 8.01. The number of benzene rings is 1. The van der Waals surface area contributed by atoms with Gasteiger partial charge < -0.3 is 4.74 Å². The van der Waals surface area contributed by atoms with E-state index in [-0.39, 0.29) is 5.97 Å². The highest BCUT2D eigenvalue weighted by atomic mass is 32.2. The van der Waals surface area contributed by atoms with E-state index in [1.165, 1.54) is 18.3 Å². The molecule has 0 saturated heterocycles. The smallest absolute Gasteiger partial charge is 0.326 e. The van der Waals surface area contributed by atoms with Crippen LogP contribution < -0.4 is 0 Å². The summed E-state index contributed by atoms with van der Waals surface area (Å²) in [6, 6.07) is 9.94. The maximum Gasteiger partial charge on any atom is 0.326 e. The van der Waals surface area contributed by atoms with Crippen LogP contribution in [0.1, 0.15) is 25.8 Å². The lowest BCUT2D eigenvalue weighted by molar-refractivity contribution is -0.143. The molecule has 0 N–H and O–H groups in total. The zero-order valence-corrected chi connectivity index (χ0v) is 11.8. The molecule has 18 heavy (non-hydrogen) atoms. The van der Waals surface area contributed by atoms with E-state index in [0.717, 1.165) is 17.7 Å². The summed E-state index contributed by atoms with van der Waals surface area (Å²) in [6.07, 6.45) is 0.736. The molecule has 1 unspecified atom stereocenters. The van der Waals surface area contributed by atoms with Gasteiger partial charge in [-0.1, -0.05) is 41.5 Å². The Labute approximate surface area is 112 Å². The molecule has 0 spiro atoms. The van der Waals surface area contributed by atoms with E-state index in [0.29, 0.717) is 0 Å². The van der Waals surface area contributed by atoms with E-state index in [1.807, 2.05) is 30.3 Å². The van der Waals surface area contributed by atoms with Gasteiger partial charge in [0.15, 0.2) is 0 Å². The summed E-state index contributed by atoms with van der Waals surface area (Å²) in [5.41, 5.74) is 3.70. The molecule has 0 amide bonds. The summed E-state index contributed by atoms with van der Waals surface area (Å²) in [4.78, 5) is 12.3. The van der Waals surface area contributed by atoms with Gasteiger partial charge in [0.1, 0.15) is 4.75 Å². The first-order valence-electron chi connectivity index (χ1n) is 6.03. The molecular weight excluding hydrogens is 244 g/mol. The third-order valence-corrected chi connectivity index (χ3v) is 5.15. The Morgan fingerprint density at radius 1 is 1.22 bits per heavy atom. The highest BCUT2D eigenvalue weighted by Crippen LogP contribution is 2.47. The minimum atomic E-state index is -0.570. The third-order valence-electron chi connectivity index (χ3n) is 3.53. The molecule has 0 fully saturated rings. The Kier molecular flexibility index (Phi) is 3.81. The standard InChI is InChI=1S/C15H18O2S/c1-11-9-15(14(16)17-3,18-10-12(11)2)13-7-5-4-6-8-13/h4-8H,9-10H2,1-3H3. The Balaban J connectivity index is 2.47. The second-order valence-electron chi connectivity index (χ2n) is 4.71. The van der Waals surface area contributed by atoms with Gasteiger partial charge in [0, 0.05) is 5.75 Å². The van der Waals surface area contributed by atoms with Crippen molar-refractivity contribution in [3.8, 4) is 0 Å². The maximum absolute atomic E-state index is 12.3. The Morgan fingerprint density at radius 3 is 2.44 bits per heavy atom. The van der Waals surface area contributed by atoms with Crippen LogP contribution in [0.25, 0.3) is 0 Å². The maximum atomic E-state index is 12.3. The number of allylic oxidation sites excluding steroid dienone is 1. The van der Waals surface area contributed by atoms with Gasteiger partial charge in [0.05, 0.1) is 7.11 Å². The molecule has 2 nitrogen and oxygen atoms in total. The first-order chi connectivity index (χ1) is 8.60. The van der Waals surface area contributed by atoms with Crippen molar-refractivity contribution in [2.24, 2.45) is 0 Å². The van der Waals surface area contributed by atoms with Crippen molar-refractivity contribution < 1.29 is 9.53 Å². The van der Waals surface area contributed by atoms with Crippen molar-refractivity contribution in [2.45, 2.75) is 25.0 Å². The van der Waals surface area contributed by atoms with Crippen molar-refractivity contribution in [1.82, 2.24) is 0 Å². The van der Waals surface area contributed by atoms with Gasteiger partial charge in [0.2, 0.25) is 0 Å². The molecule has 2 rings (SSSR count). The lowest BCUT2D eigenvalue weighted by atomic mass is 9.89. The molecule has 96 valence electrons. The molecule has 0 saturated carbocycles. The van der Waals surface area contributed by atoms with Crippen molar-refractivity contribution in [3.05, 3.63) is 47.0 Å². The molecule has 0 bridgehead atoms. The molecule has 3 heteroatoms. The van der Waals surface area contributed by atoms with Crippen LogP contribution >= 0.6 is 11.8 Å². The zero-order chi connectivity index (χ0) is 13.2. The molecule has 1 atom stereocenters. The first-order valence-corrected chi connectivity index (χ1v) is 7.02. The molecule has 0 aliphatic carbocycles. The topological polar surface area (TPSA) is 26.3 Å². The number of esters is 1. The van der Waals surface area contributed by atoms with Crippen LogP contribution in [-0.2, 0) is 14.3 Å². The molecule has 0 radical (unpaired) electrons. The van der Waals surface area contributed by atoms with Gasteiger partial charge in [-0.25, -0.2) is 0 Å². The monoisotopic (exact) mass is 262 g/mol. The lowest BCUT2D eigenvalue weighted by Gasteiger charge is -2.35. The normalized spacial score (nSPS) is 23.9. The largest absolute Gasteiger partial charge is 0.468 e. The van der Waals surface area contributed by atoms with Crippen LogP contribution in [0.4, 0.5) is 0 Å². The van der Waals surface area contributed by atoms with Gasteiger partial charge in [-0.3, -0.25) is 4.79 Å². The average molecular weight is 262 g/mol. The zero-order valence-electron chi connectivity index (χ0n) is 11.0.